The second-order valence-corrected chi connectivity index (χ2v) is 6.67. The lowest BCUT2D eigenvalue weighted by atomic mass is 10.0. The van der Waals surface area contributed by atoms with Crippen molar-refractivity contribution >= 4 is 34.6 Å². The van der Waals surface area contributed by atoms with Gasteiger partial charge >= 0.3 is 6.18 Å². The smallest absolute Gasteiger partial charge is 0.356 e. The van der Waals surface area contributed by atoms with Gasteiger partial charge in [-0.1, -0.05) is 29.8 Å². The van der Waals surface area contributed by atoms with E-state index in [-0.39, 0.29) is 21.9 Å². The topological polar surface area (TPSA) is 24.1 Å². The van der Waals surface area contributed by atoms with Gasteiger partial charge in [0, 0.05) is 5.69 Å². The van der Waals surface area contributed by atoms with E-state index in [1.807, 2.05) is 32.9 Å². The van der Waals surface area contributed by atoms with E-state index in [4.69, 9.17) is 23.8 Å². The van der Waals surface area contributed by atoms with Crippen molar-refractivity contribution in [2.45, 2.75) is 33.0 Å². The summed E-state index contributed by atoms with van der Waals surface area (Å²) in [5.41, 5.74) is 2.72. The monoisotopic (exact) mass is 386 g/mol. The Morgan fingerprint density at radius 2 is 1.76 bits per heavy atom. The summed E-state index contributed by atoms with van der Waals surface area (Å²) >= 11 is 10.8. The number of halogens is 4. The first-order valence-electron chi connectivity index (χ1n) is 7.59. The number of hydrogen-bond acceptors (Lipinski definition) is 1. The van der Waals surface area contributed by atoms with Gasteiger partial charge in [0.05, 0.1) is 16.6 Å². The molecule has 0 amide bonds. The first-order valence-corrected chi connectivity index (χ1v) is 8.38. The number of hydrogen-bond donors (Lipinski definition) is 2. The number of rotatable bonds is 3. The van der Waals surface area contributed by atoms with Gasteiger partial charge in [-0.15, -0.1) is 0 Å². The van der Waals surface area contributed by atoms with Crippen molar-refractivity contribution in [3.63, 3.8) is 0 Å². The van der Waals surface area contributed by atoms with Crippen LogP contribution in [0.1, 0.15) is 35.2 Å². The highest BCUT2D eigenvalue weighted by Crippen LogP contribution is 2.36. The van der Waals surface area contributed by atoms with Crippen molar-refractivity contribution in [1.29, 1.82) is 0 Å². The van der Waals surface area contributed by atoms with Crippen molar-refractivity contribution in [3.05, 3.63) is 63.7 Å². The molecule has 1 atom stereocenters. The molecule has 0 unspecified atom stereocenters. The fraction of sp³-hybridized carbons (Fsp3) is 0.278. The van der Waals surface area contributed by atoms with Crippen LogP contribution in [-0.4, -0.2) is 5.11 Å². The van der Waals surface area contributed by atoms with Gasteiger partial charge in [0.25, 0.3) is 0 Å². The number of anilines is 1. The van der Waals surface area contributed by atoms with E-state index in [9.17, 15) is 13.2 Å². The SMILES string of the molecule is Cc1ccc([C@@H](C)NC(=S)Nc2ccc(Cl)c(C(F)(F)F)c2)cc1C. The molecule has 0 aromatic heterocycles. The molecule has 2 aromatic carbocycles. The molecule has 0 saturated carbocycles. The van der Waals surface area contributed by atoms with Crippen LogP contribution in [0, 0.1) is 13.8 Å². The van der Waals surface area contributed by atoms with Crippen LogP contribution in [-0.2, 0) is 6.18 Å². The summed E-state index contributed by atoms with van der Waals surface area (Å²) in [4.78, 5) is 0. The second-order valence-electron chi connectivity index (χ2n) is 5.86. The molecule has 2 nitrogen and oxygen atoms in total. The van der Waals surface area contributed by atoms with E-state index in [1.54, 1.807) is 0 Å². The van der Waals surface area contributed by atoms with Gasteiger partial charge in [-0.25, -0.2) is 0 Å². The van der Waals surface area contributed by atoms with Gasteiger partial charge in [0.15, 0.2) is 5.11 Å². The molecule has 2 rings (SSSR count). The second kappa shape index (κ2) is 7.62. The first kappa shape index (κ1) is 19.5. The fourth-order valence-electron chi connectivity index (χ4n) is 2.30. The van der Waals surface area contributed by atoms with Gasteiger partial charge in [-0.3, -0.25) is 0 Å². The van der Waals surface area contributed by atoms with Crippen LogP contribution >= 0.6 is 23.8 Å². The van der Waals surface area contributed by atoms with Gasteiger partial charge in [-0.05, 0) is 67.9 Å². The zero-order chi connectivity index (χ0) is 18.8. The highest BCUT2D eigenvalue weighted by molar-refractivity contribution is 7.80. The van der Waals surface area contributed by atoms with Crippen molar-refractivity contribution in [3.8, 4) is 0 Å². The normalized spacial score (nSPS) is 12.6. The minimum Gasteiger partial charge on any atom is -0.356 e. The quantitative estimate of drug-likeness (QED) is 0.630. The lowest BCUT2D eigenvalue weighted by Gasteiger charge is -2.19. The van der Waals surface area contributed by atoms with Crippen LogP contribution in [0.5, 0.6) is 0 Å². The molecule has 0 spiro atoms. The molecular formula is C18H18ClF3N2S. The standard InChI is InChI=1S/C18H18ClF3N2S/c1-10-4-5-13(8-11(10)2)12(3)23-17(25)24-14-6-7-16(19)15(9-14)18(20,21)22/h4-9,12H,1-3H3,(H2,23,24,25)/t12-/m1/s1. The third kappa shape index (κ3) is 5.09. The summed E-state index contributed by atoms with van der Waals surface area (Å²) in [5.74, 6) is 0. The Hall–Kier alpha value is -1.79. The van der Waals surface area contributed by atoms with Gasteiger partial charge in [-0.2, -0.15) is 13.2 Å². The fourth-order valence-corrected chi connectivity index (χ4v) is 2.82. The highest BCUT2D eigenvalue weighted by atomic mass is 35.5. The van der Waals surface area contributed by atoms with Crippen molar-refractivity contribution in [2.24, 2.45) is 0 Å². The summed E-state index contributed by atoms with van der Waals surface area (Å²) < 4.78 is 38.7. The van der Waals surface area contributed by atoms with E-state index in [2.05, 4.69) is 16.7 Å². The molecule has 7 heteroatoms. The molecule has 0 aliphatic carbocycles. The molecule has 0 bridgehead atoms. The van der Waals surface area contributed by atoms with Crippen LogP contribution in [0.4, 0.5) is 18.9 Å². The number of nitrogens with one attached hydrogen (secondary N) is 2. The Morgan fingerprint density at radius 1 is 1.08 bits per heavy atom. The average Bonchev–Trinajstić information content (AvgIpc) is 2.50. The predicted octanol–water partition coefficient (Wildman–Crippen LogP) is 6.02. The minimum atomic E-state index is -4.52. The maximum atomic E-state index is 12.9. The highest BCUT2D eigenvalue weighted by Gasteiger charge is 2.33. The Labute approximate surface area is 155 Å². The van der Waals surface area contributed by atoms with E-state index >= 15 is 0 Å². The first-order chi connectivity index (χ1) is 11.6. The third-order valence-corrected chi connectivity index (χ3v) is 4.46. The average molecular weight is 387 g/mol. The Bertz CT molecular complexity index is 790. The van der Waals surface area contributed by atoms with Crippen LogP contribution in [0.15, 0.2) is 36.4 Å². The van der Waals surface area contributed by atoms with Crippen LogP contribution in [0.3, 0.4) is 0 Å². The molecule has 0 aliphatic rings. The largest absolute Gasteiger partial charge is 0.417 e. The molecule has 0 saturated heterocycles. The van der Waals surface area contributed by atoms with Crippen LogP contribution in [0.25, 0.3) is 0 Å². The summed E-state index contributed by atoms with van der Waals surface area (Å²) in [6.45, 7) is 5.98. The zero-order valence-electron chi connectivity index (χ0n) is 14.0. The number of benzene rings is 2. The van der Waals surface area contributed by atoms with Gasteiger partial charge in [0.1, 0.15) is 0 Å². The molecule has 0 fully saturated rings. The molecule has 25 heavy (non-hydrogen) atoms. The molecular weight excluding hydrogens is 369 g/mol. The van der Waals surface area contributed by atoms with E-state index < -0.39 is 11.7 Å². The van der Waals surface area contributed by atoms with Gasteiger partial charge < -0.3 is 10.6 Å². The summed E-state index contributed by atoms with van der Waals surface area (Å²) in [5, 5.41) is 5.73. The van der Waals surface area contributed by atoms with Crippen molar-refractivity contribution < 1.29 is 13.2 Å². The Kier molecular flexibility index (Phi) is 5.95. The summed E-state index contributed by atoms with van der Waals surface area (Å²) in [7, 11) is 0. The molecule has 0 radical (unpaired) electrons. The molecule has 0 heterocycles. The Balaban J connectivity index is 2.08. The maximum absolute atomic E-state index is 12.9. The minimum absolute atomic E-state index is 0.0892. The van der Waals surface area contributed by atoms with E-state index in [1.165, 1.54) is 17.7 Å². The van der Waals surface area contributed by atoms with E-state index in [0.29, 0.717) is 0 Å². The number of aryl methyl sites for hydroxylation is 2. The van der Waals surface area contributed by atoms with Crippen molar-refractivity contribution in [2.75, 3.05) is 5.32 Å². The van der Waals surface area contributed by atoms with Crippen LogP contribution in [0.2, 0.25) is 5.02 Å². The maximum Gasteiger partial charge on any atom is 0.417 e. The number of thiocarbonyl (C=S) groups is 1. The third-order valence-electron chi connectivity index (χ3n) is 3.91. The summed E-state index contributed by atoms with van der Waals surface area (Å²) in [6, 6.07) is 9.57. The van der Waals surface area contributed by atoms with Crippen LogP contribution < -0.4 is 10.6 Å². The molecule has 2 aromatic rings. The van der Waals surface area contributed by atoms with E-state index in [0.717, 1.165) is 17.2 Å². The number of alkyl halides is 3. The predicted molar refractivity (Wildman–Crippen MR) is 100 cm³/mol. The lowest BCUT2D eigenvalue weighted by molar-refractivity contribution is -0.137. The van der Waals surface area contributed by atoms with Gasteiger partial charge in [0.2, 0.25) is 0 Å². The van der Waals surface area contributed by atoms with Crippen molar-refractivity contribution in [1.82, 2.24) is 5.32 Å². The zero-order valence-corrected chi connectivity index (χ0v) is 15.5. The molecule has 2 N–H and O–H groups in total. The molecule has 0 aliphatic heterocycles. The lowest BCUT2D eigenvalue weighted by Crippen LogP contribution is -2.31. The molecule has 134 valence electrons. The Morgan fingerprint density at radius 3 is 2.36 bits per heavy atom. The summed E-state index contributed by atoms with van der Waals surface area (Å²) in [6.07, 6.45) is -4.52.